The zero-order valence-corrected chi connectivity index (χ0v) is 15.4. The number of anilines is 1. The lowest BCUT2D eigenvalue weighted by Crippen LogP contribution is -2.38. The minimum absolute atomic E-state index is 0.149. The number of hydrogen-bond donors (Lipinski definition) is 2. The molecule has 1 aromatic heterocycles. The molecule has 0 atom stereocenters. The molecule has 0 aliphatic heterocycles. The van der Waals surface area contributed by atoms with Crippen LogP contribution in [-0.2, 0) is 0 Å². The van der Waals surface area contributed by atoms with Crippen molar-refractivity contribution in [2.75, 3.05) is 11.9 Å². The summed E-state index contributed by atoms with van der Waals surface area (Å²) in [5.74, 6) is 0.465. The summed E-state index contributed by atoms with van der Waals surface area (Å²) in [4.78, 5) is 16.5. The maximum absolute atomic E-state index is 12.4. The number of carbonyl (C=O) groups is 1. The molecule has 132 valence electrons. The van der Waals surface area contributed by atoms with Gasteiger partial charge in [0.1, 0.15) is 0 Å². The lowest BCUT2D eigenvalue weighted by atomic mass is 9.86. The first-order valence-corrected chi connectivity index (χ1v) is 9.27. The third-order valence-electron chi connectivity index (χ3n) is 4.61. The highest BCUT2D eigenvalue weighted by molar-refractivity contribution is 6.35. The summed E-state index contributed by atoms with van der Waals surface area (Å²) in [6, 6.07) is 9.09. The summed E-state index contributed by atoms with van der Waals surface area (Å²) < 4.78 is 0. The molecule has 2 aromatic rings. The van der Waals surface area contributed by atoms with E-state index >= 15 is 0 Å². The summed E-state index contributed by atoms with van der Waals surface area (Å²) in [6.07, 6.45) is 7.72. The Bertz CT molecular complexity index is 716. The summed E-state index contributed by atoms with van der Waals surface area (Å²) in [6.45, 7) is 0.937. The molecule has 25 heavy (non-hydrogen) atoms. The van der Waals surface area contributed by atoms with Gasteiger partial charge in [-0.3, -0.25) is 9.78 Å². The standard InChI is InChI=1S/C19H21Cl2N3O/c20-14-5-8-18(21)17(10-14)19(25)24-15-6-3-13(4-7-15)11-23-16-2-1-9-22-12-16/h1-2,5,8-10,12-13,15,23H,3-4,6-7,11H2,(H,24,25)/t13-,15-. The van der Waals surface area contributed by atoms with Crippen molar-refractivity contribution in [2.45, 2.75) is 31.7 Å². The number of nitrogens with zero attached hydrogens (tertiary/aromatic N) is 1. The molecule has 0 spiro atoms. The first kappa shape index (κ1) is 18.0. The summed E-state index contributed by atoms with van der Waals surface area (Å²) >= 11 is 12.1. The minimum atomic E-state index is -0.149. The van der Waals surface area contributed by atoms with Crippen molar-refractivity contribution in [1.29, 1.82) is 0 Å². The Morgan fingerprint density at radius 1 is 1.16 bits per heavy atom. The van der Waals surface area contributed by atoms with Crippen molar-refractivity contribution < 1.29 is 4.79 Å². The van der Waals surface area contributed by atoms with Crippen molar-refractivity contribution >= 4 is 34.8 Å². The van der Waals surface area contributed by atoms with E-state index in [9.17, 15) is 4.79 Å². The van der Waals surface area contributed by atoms with Crippen molar-refractivity contribution in [3.05, 3.63) is 58.3 Å². The van der Waals surface area contributed by atoms with E-state index in [0.717, 1.165) is 37.9 Å². The molecule has 1 aliphatic rings. The maximum Gasteiger partial charge on any atom is 0.253 e. The number of benzene rings is 1. The molecule has 0 saturated heterocycles. The fourth-order valence-electron chi connectivity index (χ4n) is 3.18. The molecular formula is C19H21Cl2N3O. The molecule has 3 rings (SSSR count). The first-order valence-electron chi connectivity index (χ1n) is 8.51. The van der Waals surface area contributed by atoms with E-state index in [0.29, 0.717) is 21.5 Å². The zero-order chi connectivity index (χ0) is 17.6. The first-order chi connectivity index (χ1) is 12.1. The zero-order valence-electron chi connectivity index (χ0n) is 13.8. The van der Waals surface area contributed by atoms with Crippen LogP contribution in [0.5, 0.6) is 0 Å². The molecule has 1 fully saturated rings. The number of pyridine rings is 1. The molecule has 0 unspecified atom stereocenters. The van der Waals surface area contributed by atoms with Gasteiger partial charge in [0.05, 0.1) is 16.3 Å². The van der Waals surface area contributed by atoms with Crippen LogP contribution in [0.1, 0.15) is 36.0 Å². The molecule has 6 heteroatoms. The Labute approximate surface area is 157 Å². The number of amides is 1. The smallest absolute Gasteiger partial charge is 0.253 e. The highest BCUT2D eigenvalue weighted by atomic mass is 35.5. The molecule has 0 radical (unpaired) electrons. The van der Waals surface area contributed by atoms with Crippen LogP contribution in [0.3, 0.4) is 0 Å². The lowest BCUT2D eigenvalue weighted by Gasteiger charge is -2.29. The number of nitrogens with one attached hydrogen (secondary N) is 2. The number of hydrogen-bond acceptors (Lipinski definition) is 3. The van der Waals surface area contributed by atoms with Crippen LogP contribution >= 0.6 is 23.2 Å². The summed E-state index contributed by atoms with van der Waals surface area (Å²) in [7, 11) is 0. The summed E-state index contributed by atoms with van der Waals surface area (Å²) in [5.41, 5.74) is 1.49. The van der Waals surface area contributed by atoms with Crippen molar-refractivity contribution in [3.63, 3.8) is 0 Å². The Morgan fingerprint density at radius 2 is 1.96 bits per heavy atom. The number of halogens is 2. The monoisotopic (exact) mass is 377 g/mol. The van der Waals surface area contributed by atoms with Crippen LogP contribution in [0.2, 0.25) is 10.0 Å². The molecule has 1 aromatic carbocycles. The van der Waals surface area contributed by atoms with Gasteiger partial charge in [0.25, 0.3) is 5.91 Å². The SMILES string of the molecule is O=C(N[C@H]1CC[C@H](CNc2cccnc2)CC1)c1cc(Cl)ccc1Cl. The van der Waals surface area contributed by atoms with Crippen LogP contribution in [0.25, 0.3) is 0 Å². The predicted octanol–water partition coefficient (Wildman–Crippen LogP) is 4.79. The predicted molar refractivity (Wildman–Crippen MR) is 102 cm³/mol. The normalized spacial score (nSPS) is 20.1. The van der Waals surface area contributed by atoms with E-state index in [4.69, 9.17) is 23.2 Å². The van der Waals surface area contributed by atoms with E-state index in [-0.39, 0.29) is 11.9 Å². The highest BCUT2D eigenvalue weighted by Crippen LogP contribution is 2.26. The topological polar surface area (TPSA) is 54.0 Å². The molecular weight excluding hydrogens is 357 g/mol. The quantitative estimate of drug-likeness (QED) is 0.787. The fourth-order valence-corrected chi connectivity index (χ4v) is 3.55. The third-order valence-corrected chi connectivity index (χ3v) is 5.18. The molecule has 2 N–H and O–H groups in total. The van der Waals surface area contributed by atoms with Gasteiger partial charge in [0.15, 0.2) is 0 Å². The fraction of sp³-hybridized carbons (Fsp3) is 0.368. The van der Waals surface area contributed by atoms with Crippen LogP contribution in [0.4, 0.5) is 5.69 Å². The maximum atomic E-state index is 12.4. The Morgan fingerprint density at radius 3 is 2.68 bits per heavy atom. The molecule has 1 aliphatic carbocycles. The number of carbonyl (C=O) groups excluding carboxylic acids is 1. The van der Waals surface area contributed by atoms with Crippen molar-refractivity contribution in [2.24, 2.45) is 5.92 Å². The number of aromatic nitrogens is 1. The van der Waals surface area contributed by atoms with Crippen molar-refractivity contribution in [1.82, 2.24) is 10.3 Å². The van der Waals surface area contributed by atoms with Gasteiger partial charge in [-0.1, -0.05) is 23.2 Å². The van der Waals surface area contributed by atoms with E-state index < -0.39 is 0 Å². The average molecular weight is 378 g/mol. The Kier molecular flexibility index (Phi) is 6.16. The van der Waals surface area contributed by atoms with Gasteiger partial charge in [0.2, 0.25) is 0 Å². The average Bonchev–Trinajstić information content (AvgIpc) is 2.64. The van der Waals surface area contributed by atoms with Gasteiger partial charge in [-0.2, -0.15) is 0 Å². The summed E-state index contributed by atoms with van der Waals surface area (Å²) in [5, 5.41) is 7.45. The Balaban J connectivity index is 1.46. The van der Waals surface area contributed by atoms with E-state index in [1.165, 1.54) is 0 Å². The second-order valence-electron chi connectivity index (χ2n) is 6.44. The molecule has 1 saturated carbocycles. The van der Waals surface area contributed by atoms with Gasteiger partial charge in [-0.15, -0.1) is 0 Å². The largest absolute Gasteiger partial charge is 0.384 e. The lowest BCUT2D eigenvalue weighted by molar-refractivity contribution is 0.0923. The van der Waals surface area contributed by atoms with Gasteiger partial charge < -0.3 is 10.6 Å². The molecule has 1 heterocycles. The Hall–Kier alpha value is -1.78. The van der Waals surface area contributed by atoms with Gasteiger partial charge in [0, 0.05) is 30.0 Å². The van der Waals surface area contributed by atoms with E-state index in [1.54, 1.807) is 24.4 Å². The second kappa shape index (κ2) is 8.54. The van der Waals surface area contributed by atoms with Crippen LogP contribution in [0.15, 0.2) is 42.7 Å². The van der Waals surface area contributed by atoms with Gasteiger partial charge in [-0.25, -0.2) is 0 Å². The number of rotatable bonds is 5. The highest BCUT2D eigenvalue weighted by Gasteiger charge is 2.23. The van der Waals surface area contributed by atoms with E-state index in [1.807, 2.05) is 18.3 Å². The van der Waals surface area contributed by atoms with Crippen LogP contribution < -0.4 is 10.6 Å². The second-order valence-corrected chi connectivity index (χ2v) is 7.28. The molecule has 0 bridgehead atoms. The van der Waals surface area contributed by atoms with E-state index in [2.05, 4.69) is 15.6 Å². The molecule has 4 nitrogen and oxygen atoms in total. The molecule has 1 amide bonds. The van der Waals surface area contributed by atoms with Crippen LogP contribution in [-0.4, -0.2) is 23.5 Å². The van der Waals surface area contributed by atoms with Gasteiger partial charge >= 0.3 is 0 Å². The third kappa shape index (κ3) is 5.10. The van der Waals surface area contributed by atoms with Gasteiger partial charge in [-0.05, 0) is 61.9 Å². The van der Waals surface area contributed by atoms with Crippen LogP contribution in [0, 0.1) is 5.92 Å². The minimum Gasteiger partial charge on any atom is -0.384 e. The van der Waals surface area contributed by atoms with Crippen molar-refractivity contribution in [3.8, 4) is 0 Å².